The second kappa shape index (κ2) is 9.73. The normalized spacial score (nSPS) is 11.4. The van der Waals surface area contributed by atoms with Crippen molar-refractivity contribution >= 4 is 43.6 Å². The molecule has 3 aromatic carbocycles. The Kier molecular flexibility index (Phi) is 7.07. The molecule has 0 bridgehead atoms. The van der Waals surface area contributed by atoms with Crippen LogP contribution < -0.4 is 4.72 Å². The first-order chi connectivity index (χ1) is 14.3. The fraction of sp³-hybridized carbons (Fsp3) is 0.0870. The van der Waals surface area contributed by atoms with Crippen LogP contribution in [0.5, 0.6) is 0 Å². The van der Waals surface area contributed by atoms with E-state index in [0.29, 0.717) is 17.8 Å². The van der Waals surface area contributed by atoms with E-state index in [4.69, 9.17) is 0 Å². The van der Waals surface area contributed by atoms with Crippen LogP contribution in [0.25, 0.3) is 6.08 Å². The minimum Gasteiger partial charge on any atom is -0.337 e. The number of nitrogens with zero attached hydrogens (tertiary/aromatic N) is 1. The topological polar surface area (TPSA) is 66.5 Å². The number of anilines is 1. The van der Waals surface area contributed by atoms with Gasteiger partial charge < -0.3 is 4.90 Å². The first-order valence-electron chi connectivity index (χ1n) is 9.19. The number of nitrogens with one attached hydrogen (secondary N) is 1. The third-order valence-electron chi connectivity index (χ3n) is 4.34. The molecule has 154 valence electrons. The van der Waals surface area contributed by atoms with Gasteiger partial charge in [0, 0.05) is 29.3 Å². The molecule has 1 N–H and O–H groups in total. The monoisotopic (exact) mass is 484 g/mol. The maximum atomic E-state index is 12.7. The molecule has 0 aromatic heterocycles. The molecule has 0 fully saturated rings. The molecule has 0 unspecified atom stereocenters. The molecule has 0 heterocycles. The molecule has 1 amide bonds. The van der Waals surface area contributed by atoms with Gasteiger partial charge in [-0.25, -0.2) is 8.42 Å². The van der Waals surface area contributed by atoms with E-state index in [1.165, 1.54) is 6.08 Å². The minimum atomic E-state index is -3.66. The maximum absolute atomic E-state index is 12.7. The highest BCUT2D eigenvalue weighted by Gasteiger charge is 2.14. The van der Waals surface area contributed by atoms with Crippen molar-refractivity contribution in [1.82, 2.24) is 4.90 Å². The minimum absolute atomic E-state index is 0.149. The van der Waals surface area contributed by atoms with E-state index in [1.54, 1.807) is 36.2 Å². The molecule has 7 heteroatoms. The molecular formula is C23H21BrN2O3S. The van der Waals surface area contributed by atoms with Crippen molar-refractivity contribution in [3.05, 3.63) is 105 Å². The van der Waals surface area contributed by atoms with Crippen LogP contribution >= 0.6 is 15.9 Å². The third kappa shape index (κ3) is 6.05. The number of amides is 1. The van der Waals surface area contributed by atoms with E-state index in [9.17, 15) is 13.2 Å². The zero-order chi connectivity index (χ0) is 21.6. The molecular weight excluding hydrogens is 464 g/mol. The van der Waals surface area contributed by atoms with Crippen molar-refractivity contribution in [3.63, 3.8) is 0 Å². The number of carbonyl (C=O) groups excluding carboxylic acids is 1. The van der Waals surface area contributed by atoms with Gasteiger partial charge in [0.25, 0.3) is 15.9 Å². The van der Waals surface area contributed by atoms with Gasteiger partial charge in [-0.2, -0.15) is 0 Å². The second-order valence-corrected chi connectivity index (χ2v) is 9.11. The SMILES string of the molecule is CN(Cc1ccccc1Br)C(=O)c1ccc(NS(=O)(=O)/C=C/c2ccccc2)cc1. The van der Waals surface area contributed by atoms with Crippen LogP contribution in [-0.2, 0) is 16.6 Å². The molecule has 3 rings (SSSR count). The lowest BCUT2D eigenvalue weighted by Gasteiger charge is -2.18. The molecule has 0 atom stereocenters. The molecule has 3 aromatic rings. The Bertz CT molecular complexity index is 1140. The van der Waals surface area contributed by atoms with Crippen molar-refractivity contribution < 1.29 is 13.2 Å². The zero-order valence-electron chi connectivity index (χ0n) is 16.3. The van der Waals surface area contributed by atoms with E-state index < -0.39 is 10.0 Å². The van der Waals surface area contributed by atoms with E-state index in [0.717, 1.165) is 21.0 Å². The summed E-state index contributed by atoms with van der Waals surface area (Å²) in [7, 11) is -1.93. The lowest BCUT2D eigenvalue weighted by atomic mass is 10.1. The fourth-order valence-electron chi connectivity index (χ4n) is 2.79. The van der Waals surface area contributed by atoms with Crippen molar-refractivity contribution in [3.8, 4) is 0 Å². The highest BCUT2D eigenvalue weighted by molar-refractivity contribution is 9.10. The summed E-state index contributed by atoms with van der Waals surface area (Å²) in [5.41, 5.74) is 2.66. The number of rotatable bonds is 7. The first kappa shape index (κ1) is 21.8. The highest BCUT2D eigenvalue weighted by atomic mass is 79.9. The molecule has 0 aliphatic heterocycles. The number of carbonyl (C=O) groups is 1. The summed E-state index contributed by atoms with van der Waals surface area (Å²) in [6, 6.07) is 23.3. The van der Waals surface area contributed by atoms with Crippen LogP contribution in [0.3, 0.4) is 0 Å². The van der Waals surface area contributed by atoms with Crippen LogP contribution in [0.15, 0.2) is 88.7 Å². The van der Waals surface area contributed by atoms with Crippen LogP contribution in [-0.4, -0.2) is 26.3 Å². The largest absolute Gasteiger partial charge is 0.337 e. The van der Waals surface area contributed by atoms with Gasteiger partial charge in [0.15, 0.2) is 0 Å². The molecule has 30 heavy (non-hydrogen) atoms. The molecule has 0 radical (unpaired) electrons. The molecule has 5 nitrogen and oxygen atoms in total. The molecule has 0 spiro atoms. The van der Waals surface area contributed by atoms with Crippen molar-refractivity contribution in [2.45, 2.75) is 6.54 Å². The fourth-order valence-corrected chi connectivity index (χ4v) is 4.06. The van der Waals surface area contributed by atoms with Gasteiger partial charge in [-0.3, -0.25) is 9.52 Å². The van der Waals surface area contributed by atoms with E-state index in [2.05, 4.69) is 20.7 Å². The third-order valence-corrected chi connectivity index (χ3v) is 6.13. The number of sulfonamides is 1. The van der Waals surface area contributed by atoms with Crippen LogP contribution in [0.4, 0.5) is 5.69 Å². The number of hydrogen-bond acceptors (Lipinski definition) is 3. The summed E-state index contributed by atoms with van der Waals surface area (Å²) in [6.45, 7) is 0.457. The maximum Gasteiger partial charge on any atom is 0.255 e. The Morgan fingerprint density at radius 1 is 0.967 bits per heavy atom. The van der Waals surface area contributed by atoms with Gasteiger partial charge in [-0.1, -0.05) is 64.5 Å². The van der Waals surface area contributed by atoms with Crippen molar-refractivity contribution in [2.75, 3.05) is 11.8 Å². The van der Waals surface area contributed by atoms with Gasteiger partial charge >= 0.3 is 0 Å². The highest BCUT2D eigenvalue weighted by Crippen LogP contribution is 2.19. The summed E-state index contributed by atoms with van der Waals surface area (Å²) in [5, 5.41) is 1.12. The molecule has 0 aliphatic rings. The average molecular weight is 485 g/mol. The van der Waals surface area contributed by atoms with E-state index in [1.807, 2.05) is 54.6 Å². The van der Waals surface area contributed by atoms with E-state index in [-0.39, 0.29) is 5.91 Å². The Balaban J connectivity index is 1.64. The van der Waals surface area contributed by atoms with Crippen molar-refractivity contribution in [2.24, 2.45) is 0 Å². The van der Waals surface area contributed by atoms with E-state index >= 15 is 0 Å². The summed E-state index contributed by atoms with van der Waals surface area (Å²) < 4.78 is 27.9. The van der Waals surface area contributed by atoms with Gasteiger partial charge in [0.2, 0.25) is 0 Å². The Morgan fingerprint density at radius 2 is 1.60 bits per heavy atom. The van der Waals surface area contributed by atoms with Crippen LogP contribution in [0.1, 0.15) is 21.5 Å². The van der Waals surface area contributed by atoms with Gasteiger partial charge in [0.1, 0.15) is 0 Å². The Morgan fingerprint density at radius 3 is 2.27 bits per heavy atom. The smallest absolute Gasteiger partial charge is 0.255 e. The van der Waals surface area contributed by atoms with Crippen LogP contribution in [0.2, 0.25) is 0 Å². The van der Waals surface area contributed by atoms with Gasteiger partial charge in [-0.15, -0.1) is 0 Å². The quantitative estimate of drug-likeness (QED) is 0.505. The lowest BCUT2D eigenvalue weighted by molar-refractivity contribution is 0.0785. The number of benzene rings is 3. The Hall–Kier alpha value is -2.90. The standard InChI is InChI=1S/C23H21BrN2O3S/c1-26(17-20-9-5-6-10-22(20)24)23(27)19-11-13-21(14-12-19)25-30(28,29)16-15-18-7-3-2-4-8-18/h2-16,25H,17H2,1H3/b16-15+. The van der Waals surface area contributed by atoms with Crippen molar-refractivity contribution in [1.29, 1.82) is 0 Å². The molecule has 0 saturated carbocycles. The summed E-state index contributed by atoms with van der Waals surface area (Å²) in [6.07, 6.45) is 1.52. The predicted molar refractivity (Wildman–Crippen MR) is 124 cm³/mol. The second-order valence-electron chi connectivity index (χ2n) is 6.69. The summed E-state index contributed by atoms with van der Waals surface area (Å²) >= 11 is 3.49. The van der Waals surface area contributed by atoms with Gasteiger partial charge in [0.05, 0.1) is 5.41 Å². The lowest BCUT2D eigenvalue weighted by Crippen LogP contribution is -2.26. The first-order valence-corrected chi connectivity index (χ1v) is 11.5. The number of halogens is 1. The number of hydrogen-bond donors (Lipinski definition) is 1. The molecule has 0 saturated heterocycles. The summed E-state index contributed by atoms with van der Waals surface area (Å²) in [5.74, 6) is -0.149. The zero-order valence-corrected chi connectivity index (χ0v) is 18.7. The van der Waals surface area contributed by atoms with Crippen LogP contribution in [0, 0.1) is 0 Å². The van der Waals surface area contributed by atoms with Gasteiger partial charge in [-0.05, 0) is 47.5 Å². The average Bonchev–Trinajstić information content (AvgIpc) is 2.74. The summed E-state index contributed by atoms with van der Waals surface area (Å²) in [4.78, 5) is 14.3. The predicted octanol–water partition coefficient (Wildman–Crippen LogP) is 5.13. The Labute approximate surface area is 185 Å². The molecule has 0 aliphatic carbocycles.